The molecule has 0 saturated heterocycles. The Hall–Kier alpha value is -2.15. The minimum Gasteiger partial charge on any atom is -0.493 e. The molecule has 2 rings (SSSR count). The number of hydrogen-bond acceptors (Lipinski definition) is 4. The zero-order valence-electron chi connectivity index (χ0n) is 10.4. The molecule has 1 aromatic carbocycles. The minimum atomic E-state index is 0.511. The third-order valence-corrected chi connectivity index (χ3v) is 2.74. The molecule has 0 unspecified atom stereocenters. The maximum Gasteiger partial charge on any atom is 0.162 e. The van der Waals surface area contributed by atoms with Crippen molar-refractivity contribution in [2.24, 2.45) is 11.1 Å². The van der Waals surface area contributed by atoms with E-state index >= 15 is 0 Å². The molecule has 1 aliphatic carbocycles. The summed E-state index contributed by atoms with van der Waals surface area (Å²) in [6.45, 7) is 0. The molecule has 4 nitrogen and oxygen atoms in total. The zero-order chi connectivity index (χ0) is 13.0. The first-order valence-electron chi connectivity index (χ1n) is 5.73. The van der Waals surface area contributed by atoms with Crippen LogP contribution in [0.3, 0.4) is 0 Å². The van der Waals surface area contributed by atoms with E-state index in [1.54, 1.807) is 26.4 Å². The second kappa shape index (κ2) is 5.46. The van der Waals surface area contributed by atoms with Crippen molar-refractivity contribution in [2.75, 3.05) is 14.2 Å². The van der Waals surface area contributed by atoms with Crippen LogP contribution in [0, 0.1) is 17.8 Å². The SMILES string of the molecule is COc1cc(C#CC2CC2)c(/C=N/O)cc1OC. The van der Waals surface area contributed by atoms with Gasteiger partial charge < -0.3 is 14.7 Å². The summed E-state index contributed by atoms with van der Waals surface area (Å²) < 4.78 is 10.4. The molecule has 0 atom stereocenters. The molecule has 1 fully saturated rings. The molecule has 1 N–H and O–H groups in total. The highest BCUT2D eigenvalue weighted by molar-refractivity contribution is 5.84. The Morgan fingerprint density at radius 2 is 1.94 bits per heavy atom. The summed E-state index contributed by atoms with van der Waals surface area (Å²) in [5, 5.41) is 11.7. The number of methoxy groups -OCH3 is 2. The molecular weight excluding hydrogens is 230 g/mol. The number of rotatable bonds is 3. The maximum absolute atomic E-state index is 8.67. The van der Waals surface area contributed by atoms with E-state index < -0.39 is 0 Å². The van der Waals surface area contributed by atoms with Crippen LogP contribution >= 0.6 is 0 Å². The maximum atomic E-state index is 8.67. The highest BCUT2D eigenvalue weighted by Gasteiger charge is 2.18. The lowest BCUT2D eigenvalue weighted by molar-refractivity contribution is 0.321. The number of hydrogen-bond donors (Lipinski definition) is 1. The van der Waals surface area contributed by atoms with Gasteiger partial charge in [0, 0.05) is 23.1 Å². The largest absolute Gasteiger partial charge is 0.493 e. The van der Waals surface area contributed by atoms with E-state index in [0.717, 1.165) is 5.56 Å². The Bertz CT molecular complexity index is 522. The van der Waals surface area contributed by atoms with Crippen LogP contribution in [0.5, 0.6) is 11.5 Å². The fourth-order valence-corrected chi connectivity index (χ4v) is 1.58. The Kier molecular flexibility index (Phi) is 3.73. The van der Waals surface area contributed by atoms with Gasteiger partial charge in [-0.15, -0.1) is 0 Å². The van der Waals surface area contributed by atoms with Crippen LogP contribution in [0.25, 0.3) is 0 Å². The first-order chi connectivity index (χ1) is 8.78. The number of nitrogens with zero attached hydrogens (tertiary/aromatic N) is 1. The van der Waals surface area contributed by atoms with E-state index in [2.05, 4.69) is 17.0 Å². The van der Waals surface area contributed by atoms with Crippen LogP contribution in [-0.2, 0) is 0 Å². The van der Waals surface area contributed by atoms with Crippen molar-refractivity contribution < 1.29 is 14.7 Å². The van der Waals surface area contributed by atoms with E-state index in [1.165, 1.54) is 19.1 Å². The van der Waals surface area contributed by atoms with Gasteiger partial charge >= 0.3 is 0 Å². The molecule has 0 amide bonds. The Morgan fingerprint density at radius 1 is 1.28 bits per heavy atom. The van der Waals surface area contributed by atoms with Crippen LogP contribution in [0.4, 0.5) is 0 Å². The van der Waals surface area contributed by atoms with Gasteiger partial charge in [-0.2, -0.15) is 0 Å². The summed E-state index contributed by atoms with van der Waals surface area (Å²) in [6.07, 6.45) is 3.69. The van der Waals surface area contributed by atoms with Crippen molar-refractivity contribution in [3.05, 3.63) is 23.3 Å². The average Bonchev–Trinajstić information content (AvgIpc) is 3.21. The lowest BCUT2D eigenvalue weighted by Gasteiger charge is -2.09. The van der Waals surface area contributed by atoms with Gasteiger partial charge in [-0.1, -0.05) is 17.0 Å². The molecule has 0 spiro atoms. The molecule has 94 valence electrons. The van der Waals surface area contributed by atoms with E-state index in [9.17, 15) is 0 Å². The first-order valence-corrected chi connectivity index (χ1v) is 5.73. The Balaban J connectivity index is 2.44. The standard InChI is InChI=1S/C14H15NO3/c1-17-13-7-11(6-5-10-3-4-10)12(9-15-16)8-14(13)18-2/h7-10,16H,3-4H2,1-2H3/b15-9+. The quantitative estimate of drug-likeness (QED) is 0.384. The van der Waals surface area contributed by atoms with Crippen molar-refractivity contribution >= 4 is 6.21 Å². The second-order valence-corrected chi connectivity index (χ2v) is 4.08. The van der Waals surface area contributed by atoms with Crippen molar-refractivity contribution in [1.29, 1.82) is 0 Å². The molecule has 0 heterocycles. The van der Waals surface area contributed by atoms with Gasteiger partial charge in [0.15, 0.2) is 11.5 Å². The van der Waals surface area contributed by atoms with Gasteiger partial charge in [-0.25, -0.2) is 0 Å². The summed E-state index contributed by atoms with van der Waals surface area (Å²) >= 11 is 0. The van der Waals surface area contributed by atoms with E-state index in [0.29, 0.717) is 23.0 Å². The highest BCUT2D eigenvalue weighted by atomic mass is 16.5. The lowest BCUT2D eigenvalue weighted by atomic mass is 10.1. The zero-order valence-corrected chi connectivity index (χ0v) is 10.4. The van der Waals surface area contributed by atoms with E-state index in [-0.39, 0.29) is 0 Å². The summed E-state index contributed by atoms with van der Waals surface area (Å²) in [4.78, 5) is 0. The second-order valence-electron chi connectivity index (χ2n) is 4.08. The number of oxime groups is 1. The fourth-order valence-electron chi connectivity index (χ4n) is 1.58. The summed E-state index contributed by atoms with van der Waals surface area (Å²) in [5.74, 6) is 7.99. The van der Waals surface area contributed by atoms with Crippen LogP contribution in [0.1, 0.15) is 24.0 Å². The van der Waals surface area contributed by atoms with Gasteiger partial charge in [0.2, 0.25) is 0 Å². The topological polar surface area (TPSA) is 51.0 Å². The van der Waals surface area contributed by atoms with Gasteiger partial charge in [0.05, 0.1) is 20.4 Å². The van der Waals surface area contributed by atoms with Gasteiger partial charge in [0.25, 0.3) is 0 Å². The highest BCUT2D eigenvalue weighted by Crippen LogP contribution is 2.31. The normalized spacial score (nSPS) is 14.1. The van der Waals surface area contributed by atoms with Crippen molar-refractivity contribution in [3.63, 3.8) is 0 Å². The van der Waals surface area contributed by atoms with Crippen molar-refractivity contribution in [1.82, 2.24) is 0 Å². The minimum absolute atomic E-state index is 0.511. The van der Waals surface area contributed by atoms with Gasteiger partial charge in [-0.3, -0.25) is 0 Å². The molecule has 0 bridgehead atoms. The van der Waals surface area contributed by atoms with Crippen LogP contribution < -0.4 is 9.47 Å². The molecule has 0 aliphatic heterocycles. The summed E-state index contributed by atoms with van der Waals surface area (Å²) in [5.41, 5.74) is 1.49. The fraction of sp³-hybridized carbons (Fsp3) is 0.357. The van der Waals surface area contributed by atoms with E-state index in [4.69, 9.17) is 14.7 Å². The molecule has 0 aromatic heterocycles. The van der Waals surface area contributed by atoms with Crippen molar-refractivity contribution in [3.8, 4) is 23.3 Å². The monoisotopic (exact) mass is 245 g/mol. The third kappa shape index (κ3) is 2.75. The summed E-state index contributed by atoms with van der Waals surface area (Å²) in [6, 6.07) is 3.54. The molecule has 1 aromatic rings. The average molecular weight is 245 g/mol. The molecule has 1 saturated carbocycles. The smallest absolute Gasteiger partial charge is 0.162 e. The van der Waals surface area contributed by atoms with Gasteiger partial charge in [-0.05, 0) is 18.9 Å². The third-order valence-electron chi connectivity index (χ3n) is 2.74. The first kappa shape index (κ1) is 12.3. The predicted molar refractivity (Wildman–Crippen MR) is 68.5 cm³/mol. The molecule has 0 radical (unpaired) electrons. The molecule has 1 aliphatic rings. The molecule has 4 heteroatoms. The van der Waals surface area contributed by atoms with E-state index in [1.807, 2.05) is 0 Å². The number of benzene rings is 1. The predicted octanol–water partition coefficient (Wildman–Crippen LogP) is 2.27. The molecular formula is C14H15NO3. The Morgan fingerprint density at radius 3 is 2.50 bits per heavy atom. The van der Waals surface area contributed by atoms with Crippen LogP contribution in [0.2, 0.25) is 0 Å². The lowest BCUT2D eigenvalue weighted by Crippen LogP contribution is -1.96. The Labute approximate surface area is 106 Å². The number of ether oxygens (including phenoxy) is 2. The summed E-state index contributed by atoms with van der Waals surface area (Å²) in [7, 11) is 3.14. The molecule has 18 heavy (non-hydrogen) atoms. The van der Waals surface area contributed by atoms with Crippen LogP contribution in [0.15, 0.2) is 17.3 Å². The van der Waals surface area contributed by atoms with Crippen LogP contribution in [-0.4, -0.2) is 25.6 Å². The van der Waals surface area contributed by atoms with Gasteiger partial charge in [0.1, 0.15) is 0 Å². The van der Waals surface area contributed by atoms with Crippen molar-refractivity contribution in [2.45, 2.75) is 12.8 Å².